The number of amides is 10. The fourth-order valence-electron chi connectivity index (χ4n) is 8.44. The lowest BCUT2D eigenvalue weighted by molar-refractivity contribution is -0.144. The van der Waals surface area contributed by atoms with Crippen LogP contribution in [0.25, 0.3) is 0 Å². The first kappa shape index (κ1) is 87.3. The van der Waals surface area contributed by atoms with Crippen LogP contribution in [0.3, 0.4) is 0 Å². The maximum atomic E-state index is 13.6. The monoisotopic (exact) mass is 1360 g/mol. The Morgan fingerprint density at radius 2 is 0.568 bits per heavy atom. The molecule has 0 aromatic rings. The average Bonchev–Trinajstić information content (AvgIpc) is 0.907. The van der Waals surface area contributed by atoms with E-state index in [1.807, 2.05) is 0 Å². The van der Waals surface area contributed by atoms with E-state index in [0.717, 1.165) is 13.8 Å². The van der Waals surface area contributed by atoms with Crippen molar-refractivity contribution >= 4 is 82.9 Å². The number of carboxylic acid groups (broad SMARTS) is 4. The molecule has 0 aromatic carbocycles. The van der Waals surface area contributed by atoms with Gasteiger partial charge in [-0.1, -0.05) is 68.2 Å². The van der Waals surface area contributed by atoms with Crippen LogP contribution in [-0.4, -0.2) is 252 Å². The van der Waals surface area contributed by atoms with Gasteiger partial charge in [0, 0.05) is 25.7 Å². The summed E-state index contributed by atoms with van der Waals surface area (Å²) in [6.45, 7) is 19.1. The van der Waals surface area contributed by atoms with Gasteiger partial charge in [0.25, 0.3) is 0 Å². The molecule has 0 aliphatic rings. The molecule has 16 N–H and O–H groups in total. The zero-order chi connectivity index (χ0) is 72.7. The zero-order valence-corrected chi connectivity index (χ0v) is 56.4. The number of hydrogen-bond donors (Lipinski definition) is 16. The van der Waals surface area contributed by atoms with Crippen molar-refractivity contribution < 1.29 is 121 Å². The highest BCUT2D eigenvalue weighted by Gasteiger charge is 2.37. The summed E-state index contributed by atoms with van der Waals surface area (Å²) < 4.78 is 27.5. The average molecular weight is 1370 g/mol. The molecule has 35 heteroatoms. The molecule has 544 valence electrons. The minimum Gasteiger partial charge on any atom is -0.481 e. The second-order valence-electron chi connectivity index (χ2n) is 23.5. The van der Waals surface area contributed by atoms with E-state index >= 15 is 0 Å². The van der Waals surface area contributed by atoms with Crippen LogP contribution in [0.15, 0.2) is 0 Å². The lowest BCUT2D eigenvalue weighted by Gasteiger charge is -2.28. The molecule has 35 nitrogen and oxygen atoms in total. The summed E-state index contributed by atoms with van der Waals surface area (Å²) in [4.78, 5) is 178. The Morgan fingerprint density at radius 1 is 0.305 bits per heavy atom. The zero-order valence-electron chi connectivity index (χ0n) is 56.4. The van der Waals surface area contributed by atoms with Crippen molar-refractivity contribution in [3.05, 3.63) is 0 Å². The summed E-state index contributed by atoms with van der Waals surface area (Å²) in [5.41, 5.74) is 0. The van der Waals surface area contributed by atoms with Crippen LogP contribution in [-0.2, 0) is 90.8 Å². The van der Waals surface area contributed by atoms with Crippen molar-refractivity contribution in [3.63, 3.8) is 0 Å². The van der Waals surface area contributed by atoms with Gasteiger partial charge in [-0.05, 0) is 64.2 Å². The molecule has 0 saturated carbocycles. The van der Waals surface area contributed by atoms with Crippen molar-refractivity contribution in [1.29, 1.82) is 0 Å². The van der Waals surface area contributed by atoms with Gasteiger partial charge >= 0.3 is 23.9 Å². The standard InChI is InChI=1S/C60H104N10O25/c1-13-33(7)47(55(83)63-39(15-17-43(75)76)53(81)69-49(37(11)71)57(85)61-35(9)51(79)67-45(31(3)4)59(87)88)65-41(73)19-21-91-23-25-93-27-29-95-30-28-94-26-24-92-22-20-42(74)66-48(34(8)14-2)56(84)64-40(16-18-44(77)78)54(82)70-50(38(12)72)58(86)62-36(10)52(80)68-46(32(5)6)60(89)90/h31-40,45-50,71-72H,13-30H2,1-12H3,(H,61,85)(H,62,86)(H,63,83)(H,64,84)(H,65,73)(H,66,74)(H,67,79)(H,68,80)(H,69,81)(H,70,82)(H,75,76)(H,77,78)(H,87,88)(H,89,90)/t33-,34-,35-,36-,37+,38+,39-,40-,45-,46-,47-,48-,49-,50-/m0/s1. The molecule has 0 fully saturated rings. The van der Waals surface area contributed by atoms with E-state index in [0.29, 0.717) is 12.8 Å². The minimum atomic E-state index is -1.71. The Balaban J connectivity index is 4.99. The number of aliphatic hydroxyl groups is 2. The Bertz CT molecular complexity index is 2320. The summed E-state index contributed by atoms with van der Waals surface area (Å²) in [6, 6.07) is -14.2. The van der Waals surface area contributed by atoms with E-state index in [9.17, 15) is 97.8 Å². The first-order chi connectivity index (χ1) is 44.5. The van der Waals surface area contributed by atoms with Gasteiger partial charge in [-0.2, -0.15) is 0 Å². The number of aliphatic carboxylic acids is 4. The lowest BCUT2D eigenvalue weighted by Crippen LogP contribution is -2.61. The van der Waals surface area contributed by atoms with Crippen molar-refractivity contribution in [1.82, 2.24) is 53.2 Å². The predicted octanol–water partition coefficient (Wildman–Crippen LogP) is -3.20. The van der Waals surface area contributed by atoms with Crippen LogP contribution in [0, 0.1) is 23.7 Å². The minimum absolute atomic E-state index is 0.0627. The van der Waals surface area contributed by atoms with Crippen LogP contribution < -0.4 is 53.2 Å². The van der Waals surface area contributed by atoms with Crippen LogP contribution in [0.5, 0.6) is 0 Å². The molecule has 0 radical (unpaired) electrons. The molecule has 0 aliphatic heterocycles. The number of carbonyl (C=O) groups is 14. The first-order valence-electron chi connectivity index (χ1n) is 31.7. The van der Waals surface area contributed by atoms with E-state index in [-0.39, 0.29) is 78.9 Å². The van der Waals surface area contributed by atoms with E-state index in [1.54, 1.807) is 55.4 Å². The third-order valence-electron chi connectivity index (χ3n) is 14.7. The van der Waals surface area contributed by atoms with Gasteiger partial charge in [0.15, 0.2) is 0 Å². The van der Waals surface area contributed by atoms with Gasteiger partial charge in [0.1, 0.15) is 60.4 Å². The van der Waals surface area contributed by atoms with E-state index in [1.165, 1.54) is 13.8 Å². The van der Waals surface area contributed by atoms with Gasteiger partial charge in [-0.3, -0.25) is 57.5 Å². The fraction of sp³-hybridized carbons (Fsp3) is 0.767. The summed E-state index contributed by atoms with van der Waals surface area (Å²) >= 11 is 0. The normalized spacial score (nSPS) is 15.7. The summed E-state index contributed by atoms with van der Waals surface area (Å²) in [6.07, 6.45) is -4.85. The number of aliphatic hydroxyl groups excluding tert-OH is 2. The second-order valence-corrected chi connectivity index (χ2v) is 23.5. The number of carboxylic acids is 4. The quantitative estimate of drug-likeness (QED) is 0.0267. The molecule has 0 spiro atoms. The molecule has 14 atom stereocenters. The van der Waals surface area contributed by atoms with Crippen molar-refractivity contribution in [2.45, 2.75) is 207 Å². The highest BCUT2D eigenvalue weighted by Crippen LogP contribution is 2.13. The molecule has 0 aromatic heterocycles. The van der Waals surface area contributed by atoms with Crippen LogP contribution in [0.2, 0.25) is 0 Å². The fourth-order valence-corrected chi connectivity index (χ4v) is 8.44. The molecule has 0 bridgehead atoms. The molecule has 0 saturated heterocycles. The lowest BCUT2D eigenvalue weighted by atomic mass is 9.97. The van der Waals surface area contributed by atoms with E-state index in [4.69, 9.17) is 23.7 Å². The summed E-state index contributed by atoms with van der Waals surface area (Å²) in [5, 5.41) is 82.4. The Hall–Kier alpha value is -7.70. The molecule has 0 unspecified atom stereocenters. The predicted molar refractivity (Wildman–Crippen MR) is 335 cm³/mol. The Kier molecular flexibility index (Phi) is 43.4. The molecule has 95 heavy (non-hydrogen) atoms. The van der Waals surface area contributed by atoms with Gasteiger partial charge in [-0.15, -0.1) is 0 Å². The molecule has 0 heterocycles. The maximum Gasteiger partial charge on any atom is 0.326 e. The SMILES string of the molecule is CC[C@H](C)[C@H](NC(=O)CCOCCOCCOCCOCCOCCC(=O)N[C@H](C(=O)N[C@@H](CCC(=O)O)C(=O)N[C@H](C(=O)N[C@@H](C)C(=O)N[C@H](C(=O)O)C(C)C)[C@@H](C)O)[C@@H](C)CC)C(=O)N[C@@H](CCC(=O)O)C(=O)N[C@H](C(=O)N[C@@H](C)C(=O)N[C@H](C(=O)O)C(C)C)[C@@H](C)O. The number of carbonyl (C=O) groups excluding carboxylic acids is 10. The summed E-state index contributed by atoms with van der Waals surface area (Å²) in [7, 11) is 0. The molecule has 0 rings (SSSR count). The van der Waals surface area contributed by atoms with Crippen molar-refractivity contribution in [2.75, 3.05) is 66.1 Å². The largest absolute Gasteiger partial charge is 0.481 e. The number of hydrogen-bond acceptors (Lipinski definition) is 21. The molecular formula is C60H104N10O25. The number of nitrogens with one attached hydrogen (secondary N) is 10. The Labute approximate surface area is 552 Å². The van der Waals surface area contributed by atoms with E-state index < -0.39 is 205 Å². The van der Waals surface area contributed by atoms with Gasteiger partial charge in [-0.25, -0.2) is 9.59 Å². The van der Waals surface area contributed by atoms with Gasteiger partial charge in [0.05, 0.1) is 78.3 Å². The van der Waals surface area contributed by atoms with Crippen LogP contribution in [0.1, 0.15) is 134 Å². The number of rotatable bonds is 52. The van der Waals surface area contributed by atoms with Crippen LogP contribution in [0.4, 0.5) is 0 Å². The van der Waals surface area contributed by atoms with Gasteiger partial charge in [0.2, 0.25) is 59.1 Å². The topological polar surface area (TPSA) is 527 Å². The van der Waals surface area contributed by atoms with Crippen molar-refractivity contribution in [3.8, 4) is 0 Å². The smallest absolute Gasteiger partial charge is 0.326 e. The molecular weight excluding hydrogens is 1260 g/mol. The number of ether oxygens (including phenoxy) is 5. The first-order valence-corrected chi connectivity index (χ1v) is 31.7. The van der Waals surface area contributed by atoms with Crippen LogP contribution >= 0.6 is 0 Å². The van der Waals surface area contributed by atoms with Crippen molar-refractivity contribution in [2.24, 2.45) is 23.7 Å². The van der Waals surface area contributed by atoms with E-state index in [2.05, 4.69) is 53.2 Å². The van der Waals surface area contributed by atoms with Gasteiger partial charge < -0.3 is 107 Å². The highest BCUT2D eigenvalue weighted by atomic mass is 16.6. The Morgan fingerprint density at radius 3 is 0.811 bits per heavy atom. The maximum absolute atomic E-state index is 13.6. The molecule has 0 aliphatic carbocycles. The summed E-state index contributed by atoms with van der Waals surface area (Å²) in [5.74, 6) is -16.0. The highest BCUT2D eigenvalue weighted by molar-refractivity contribution is 5.98. The second kappa shape index (κ2) is 47.2. The molecule has 10 amide bonds. The third kappa shape index (κ3) is 36.1. The third-order valence-corrected chi connectivity index (χ3v) is 14.7.